The molecule has 9 heteroatoms. The van der Waals surface area contributed by atoms with Crippen LogP contribution in [0.25, 0.3) is 0 Å². The summed E-state index contributed by atoms with van der Waals surface area (Å²) in [6.45, 7) is 2.11. The Morgan fingerprint density at radius 3 is 2.95 bits per heavy atom. The standard InChI is InChI=1S/C11H17BrN4O3S/c1-7-2-3-16(9(7)6-17)20(18,19)10-4-8(12)5-14-11(10)15-13/h4-5,7,9,17H,2-3,6,13H2,1H3,(H,14,15). The van der Waals surface area contributed by atoms with Crippen LogP contribution in [-0.2, 0) is 10.0 Å². The smallest absolute Gasteiger partial charge is 0.247 e. The second kappa shape index (κ2) is 5.94. The number of anilines is 1. The Morgan fingerprint density at radius 2 is 2.35 bits per heavy atom. The summed E-state index contributed by atoms with van der Waals surface area (Å²) in [6, 6.07) is 1.04. The van der Waals surface area contributed by atoms with Crippen LogP contribution >= 0.6 is 15.9 Å². The third-order valence-electron chi connectivity index (χ3n) is 3.56. The minimum absolute atomic E-state index is 0.00178. The van der Waals surface area contributed by atoms with Gasteiger partial charge in [0.2, 0.25) is 10.0 Å². The van der Waals surface area contributed by atoms with Crippen LogP contribution in [0.3, 0.4) is 0 Å². The zero-order valence-corrected chi connectivity index (χ0v) is 13.4. The van der Waals surface area contributed by atoms with E-state index in [0.29, 0.717) is 11.0 Å². The first-order valence-corrected chi connectivity index (χ1v) is 8.40. The Balaban J connectivity index is 2.48. The quantitative estimate of drug-likeness (QED) is 0.530. The van der Waals surface area contributed by atoms with Gasteiger partial charge in [-0.2, -0.15) is 4.31 Å². The SMILES string of the molecule is CC1CCN(S(=O)(=O)c2cc(Br)cnc2NN)C1CO. The molecule has 2 heterocycles. The normalized spacial score (nSPS) is 24.0. The molecule has 1 saturated heterocycles. The van der Waals surface area contributed by atoms with E-state index in [1.54, 1.807) is 0 Å². The number of pyridine rings is 1. The Kier molecular flexibility index (Phi) is 4.65. The van der Waals surface area contributed by atoms with E-state index in [2.05, 4.69) is 26.3 Å². The van der Waals surface area contributed by atoms with Crippen molar-refractivity contribution in [3.8, 4) is 0 Å². The van der Waals surface area contributed by atoms with Gasteiger partial charge in [-0.3, -0.25) is 0 Å². The molecular formula is C11H17BrN4O3S. The second-order valence-electron chi connectivity index (χ2n) is 4.78. The summed E-state index contributed by atoms with van der Waals surface area (Å²) in [7, 11) is -3.76. The van der Waals surface area contributed by atoms with E-state index in [1.807, 2.05) is 6.92 Å². The van der Waals surface area contributed by atoms with Crippen LogP contribution in [0.4, 0.5) is 5.82 Å². The van der Waals surface area contributed by atoms with Gasteiger partial charge in [-0.05, 0) is 34.3 Å². The van der Waals surface area contributed by atoms with Crippen molar-refractivity contribution in [3.05, 3.63) is 16.7 Å². The Morgan fingerprint density at radius 1 is 1.65 bits per heavy atom. The number of halogens is 1. The van der Waals surface area contributed by atoms with Crippen molar-refractivity contribution in [1.82, 2.24) is 9.29 Å². The fourth-order valence-electron chi connectivity index (χ4n) is 2.39. The molecule has 0 bridgehead atoms. The molecule has 0 aromatic carbocycles. The number of nitrogen functional groups attached to an aromatic ring is 1. The molecule has 1 aromatic heterocycles. The number of hydrogen-bond acceptors (Lipinski definition) is 6. The van der Waals surface area contributed by atoms with Crippen molar-refractivity contribution in [2.45, 2.75) is 24.3 Å². The van der Waals surface area contributed by atoms with E-state index >= 15 is 0 Å². The lowest BCUT2D eigenvalue weighted by Gasteiger charge is -2.25. The third-order valence-corrected chi connectivity index (χ3v) is 5.93. The summed E-state index contributed by atoms with van der Waals surface area (Å²) in [5.41, 5.74) is 2.30. The van der Waals surface area contributed by atoms with Crippen LogP contribution in [0.15, 0.2) is 21.6 Å². The lowest BCUT2D eigenvalue weighted by Crippen LogP contribution is -2.40. The predicted molar refractivity (Wildman–Crippen MR) is 78.3 cm³/mol. The van der Waals surface area contributed by atoms with Gasteiger partial charge in [0, 0.05) is 17.2 Å². The van der Waals surface area contributed by atoms with Gasteiger partial charge < -0.3 is 10.5 Å². The lowest BCUT2D eigenvalue weighted by atomic mass is 10.0. The van der Waals surface area contributed by atoms with Crippen molar-refractivity contribution >= 4 is 31.8 Å². The highest BCUT2D eigenvalue weighted by Gasteiger charge is 2.40. The summed E-state index contributed by atoms with van der Waals surface area (Å²) in [5.74, 6) is 5.53. The average Bonchev–Trinajstić information content (AvgIpc) is 2.80. The van der Waals surface area contributed by atoms with E-state index in [0.717, 1.165) is 6.42 Å². The molecule has 20 heavy (non-hydrogen) atoms. The first-order chi connectivity index (χ1) is 9.41. The maximum Gasteiger partial charge on any atom is 0.247 e. The van der Waals surface area contributed by atoms with Crippen LogP contribution in [0, 0.1) is 5.92 Å². The molecule has 2 unspecified atom stereocenters. The first-order valence-electron chi connectivity index (χ1n) is 6.16. The van der Waals surface area contributed by atoms with E-state index in [9.17, 15) is 13.5 Å². The summed E-state index contributed by atoms with van der Waals surface area (Å²) in [5, 5.41) is 9.43. The molecule has 1 aliphatic heterocycles. The van der Waals surface area contributed by atoms with E-state index in [-0.39, 0.29) is 23.2 Å². The highest BCUT2D eigenvalue weighted by Crippen LogP contribution is 2.32. The molecule has 112 valence electrons. The van der Waals surface area contributed by atoms with Crippen LogP contribution < -0.4 is 11.3 Å². The molecule has 2 rings (SSSR count). The largest absolute Gasteiger partial charge is 0.395 e. The Labute approximate surface area is 126 Å². The molecule has 0 spiro atoms. The van der Waals surface area contributed by atoms with Crippen LogP contribution in [-0.4, -0.2) is 42.0 Å². The topological polar surface area (TPSA) is 109 Å². The Bertz CT molecular complexity index is 595. The number of aliphatic hydroxyl groups is 1. The summed E-state index contributed by atoms with van der Waals surface area (Å²) in [6.07, 6.45) is 2.18. The van der Waals surface area contributed by atoms with Crippen LogP contribution in [0.5, 0.6) is 0 Å². The monoisotopic (exact) mass is 364 g/mol. The lowest BCUT2D eigenvalue weighted by molar-refractivity contribution is 0.191. The minimum atomic E-state index is -3.76. The first kappa shape index (κ1) is 15.6. The van der Waals surface area contributed by atoms with Gasteiger partial charge in [-0.1, -0.05) is 6.92 Å². The van der Waals surface area contributed by atoms with Gasteiger partial charge in [0.05, 0.1) is 12.6 Å². The highest BCUT2D eigenvalue weighted by atomic mass is 79.9. The number of nitrogens with one attached hydrogen (secondary N) is 1. The van der Waals surface area contributed by atoms with Gasteiger partial charge >= 0.3 is 0 Å². The molecule has 4 N–H and O–H groups in total. The van der Waals surface area contributed by atoms with Gasteiger partial charge in [0.25, 0.3) is 0 Å². The van der Waals surface area contributed by atoms with Gasteiger partial charge in [-0.25, -0.2) is 19.2 Å². The molecule has 0 aliphatic carbocycles. The fourth-order valence-corrected chi connectivity index (χ4v) is 4.74. The second-order valence-corrected chi connectivity index (χ2v) is 7.55. The number of sulfonamides is 1. The van der Waals surface area contributed by atoms with Crippen LogP contribution in [0.1, 0.15) is 13.3 Å². The van der Waals surface area contributed by atoms with Crippen molar-refractivity contribution in [2.24, 2.45) is 11.8 Å². The number of aliphatic hydroxyl groups excluding tert-OH is 1. The molecular weight excluding hydrogens is 348 g/mol. The van der Waals surface area contributed by atoms with Gasteiger partial charge in [0.1, 0.15) is 4.90 Å². The number of hydrazine groups is 1. The molecule has 2 atom stereocenters. The van der Waals surface area contributed by atoms with Crippen molar-refractivity contribution in [1.29, 1.82) is 0 Å². The van der Waals surface area contributed by atoms with Crippen LogP contribution in [0.2, 0.25) is 0 Å². The van der Waals surface area contributed by atoms with Crippen molar-refractivity contribution < 1.29 is 13.5 Å². The van der Waals surface area contributed by atoms with Crippen molar-refractivity contribution in [2.75, 3.05) is 18.6 Å². The number of hydrogen-bond donors (Lipinski definition) is 3. The Hall–Kier alpha value is -0.740. The minimum Gasteiger partial charge on any atom is -0.395 e. The number of nitrogens with zero attached hydrogens (tertiary/aromatic N) is 2. The van der Waals surface area contributed by atoms with Gasteiger partial charge in [0.15, 0.2) is 5.82 Å². The number of nitrogens with two attached hydrogens (primary N) is 1. The molecule has 1 aliphatic rings. The highest BCUT2D eigenvalue weighted by molar-refractivity contribution is 9.10. The molecule has 0 saturated carbocycles. The van der Waals surface area contributed by atoms with E-state index < -0.39 is 16.1 Å². The summed E-state index contributed by atoms with van der Waals surface area (Å²) >= 11 is 3.21. The molecule has 1 fully saturated rings. The average molecular weight is 365 g/mol. The van der Waals surface area contributed by atoms with E-state index in [1.165, 1.54) is 16.6 Å². The summed E-state index contributed by atoms with van der Waals surface area (Å²) < 4.78 is 27.3. The molecule has 0 amide bonds. The van der Waals surface area contributed by atoms with E-state index in [4.69, 9.17) is 5.84 Å². The number of rotatable bonds is 4. The predicted octanol–water partition coefficient (Wildman–Crippen LogP) is 0.521. The zero-order chi connectivity index (χ0) is 14.9. The van der Waals surface area contributed by atoms with Crippen molar-refractivity contribution in [3.63, 3.8) is 0 Å². The van der Waals surface area contributed by atoms with Gasteiger partial charge in [-0.15, -0.1) is 0 Å². The number of aromatic nitrogens is 1. The molecule has 7 nitrogen and oxygen atoms in total. The fraction of sp³-hybridized carbons (Fsp3) is 0.545. The molecule has 1 aromatic rings. The summed E-state index contributed by atoms with van der Waals surface area (Å²) in [4.78, 5) is 3.95. The third kappa shape index (κ3) is 2.68. The zero-order valence-electron chi connectivity index (χ0n) is 11.0. The molecule has 0 radical (unpaired) electrons. The maximum atomic E-state index is 12.7. The maximum absolute atomic E-state index is 12.7.